The van der Waals surface area contributed by atoms with E-state index in [4.69, 9.17) is 9.84 Å². The molecule has 1 saturated heterocycles. The molecule has 4 aromatic rings. The van der Waals surface area contributed by atoms with Crippen LogP contribution < -0.4 is 4.72 Å². The molecule has 1 saturated carbocycles. The number of carbonyl (C=O) groups is 1. The van der Waals surface area contributed by atoms with E-state index in [1.54, 1.807) is 4.80 Å². The highest BCUT2D eigenvalue weighted by atomic mass is 32.2. The van der Waals surface area contributed by atoms with Crippen molar-refractivity contribution < 1.29 is 9.53 Å². The molecule has 2 aromatic carbocycles. The number of nitrogens with zero attached hydrogens (tertiary/aromatic N) is 6. The summed E-state index contributed by atoms with van der Waals surface area (Å²) in [5, 5.41) is 15.1. The lowest BCUT2D eigenvalue weighted by atomic mass is 9.81. The minimum atomic E-state index is -0.0992. The number of nitrogens with one attached hydrogen (secondary N) is 1. The quantitative estimate of drug-likeness (QED) is 0.255. The third-order valence-electron chi connectivity index (χ3n) is 9.08. The Hall–Kier alpha value is -3.47. The maximum Gasteiger partial charge on any atom is 0.262 e. The minimum absolute atomic E-state index is 0.0992. The molecule has 7 rings (SSSR count). The van der Waals surface area contributed by atoms with E-state index in [9.17, 15) is 4.79 Å². The van der Waals surface area contributed by atoms with Gasteiger partial charge in [-0.1, -0.05) is 49.6 Å². The number of fused-ring (bicyclic) bond motifs is 5. The Balaban J connectivity index is 1.34. The summed E-state index contributed by atoms with van der Waals surface area (Å²) in [5.74, 6) is 1.56. The molecule has 0 unspecified atom stereocenters. The molecule has 1 aliphatic carbocycles. The van der Waals surface area contributed by atoms with Crippen molar-refractivity contribution in [3.63, 3.8) is 0 Å². The number of tetrazole rings is 1. The highest BCUT2D eigenvalue weighted by molar-refractivity contribution is 7.95. The number of allylic oxidation sites excluding steroid dienone is 1. The van der Waals surface area contributed by atoms with E-state index < -0.39 is 0 Å². The summed E-state index contributed by atoms with van der Waals surface area (Å²) in [6, 6.07) is 14.9. The Morgan fingerprint density at radius 1 is 1.07 bits per heavy atom. The molecule has 2 aromatic heterocycles. The summed E-state index contributed by atoms with van der Waals surface area (Å²) in [5.41, 5.74) is 7.82. The molecular formula is C33H39N7O2S. The maximum atomic E-state index is 13.2. The van der Waals surface area contributed by atoms with Crippen LogP contribution in [-0.4, -0.2) is 62.3 Å². The molecule has 1 N–H and O–H groups in total. The first kappa shape index (κ1) is 28.3. The molecule has 3 aliphatic rings. The van der Waals surface area contributed by atoms with E-state index in [1.807, 2.05) is 24.5 Å². The molecule has 4 heterocycles. The van der Waals surface area contributed by atoms with E-state index in [0.717, 1.165) is 49.3 Å². The first-order chi connectivity index (χ1) is 21.0. The van der Waals surface area contributed by atoms with Gasteiger partial charge in [0.25, 0.3) is 5.91 Å². The normalized spacial score (nSPS) is 17.9. The third-order valence-corrected chi connectivity index (χ3v) is 9.72. The molecule has 10 heteroatoms. The fraction of sp³-hybridized carbons (Fsp3) is 0.455. The zero-order valence-corrected chi connectivity index (χ0v) is 25.8. The number of rotatable bonds is 7. The van der Waals surface area contributed by atoms with E-state index in [2.05, 4.69) is 62.1 Å². The predicted molar refractivity (Wildman–Crippen MR) is 171 cm³/mol. The predicted octanol–water partition coefficient (Wildman–Crippen LogP) is 6.18. The fourth-order valence-corrected chi connectivity index (χ4v) is 7.34. The van der Waals surface area contributed by atoms with Crippen LogP contribution in [0, 0.1) is 5.92 Å². The lowest BCUT2D eigenvalue weighted by Crippen LogP contribution is -2.21. The van der Waals surface area contributed by atoms with Crippen LogP contribution >= 0.6 is 12.1 Å². The monoisotopic (exact) mass is 597 g/mol. The Bertz CT molecular complexity index is 1660. The van der Waals surface area contributed by atoms with E-state index in [1.165, 1.54) is 66.4 Å². The van der Waals surface area contributed by atoms with Crippen molar-refractivity contribution in [2.24, 2.45) is 5.92 Å². The Morgan fingerprint density at radius 3 is 2.70 bits per heavy atom. The highest BCUT2D eigenvalue weighted by Crippen LogP contribution is 2.47. The summed E-state index contributed by atoms with van der Waals surface area (Å²) >= 11 is 1.29. The van der Waals surface area contributed by atoms with Crippen LogP contribution in [0.25, 0.3) is 33.8 Å². The van der Waals surface area contributed by atoms with Gasteiger partial charge in [0.2, 0.25) is 5.82 Å². The minimum Gasteiger partial charge on any atom is -0.381 e. The Kier molecular flexibility index (Phi) is 8.07. The van der Waals surface area contributed by atoms with E-state index in [-0.39, 0.29) is 5.91 Å². The van der Waals surface area contributed by atoms with Crippen LogP contribution in [0.3, 0.4) is 0 Å². The number of hydrogen-bond acceptors (Lipinski definition) is 7. The molecule has 43 heavy (non-hydrogen) atoms. The van der Waals surface area contributed by atoms with Crippen LogP contribution in [0.4, 0.5) is 0 Å². The van der Waals surface area contributed by atoms with Crippen LogP contribution in [0.5, 0.6) is 0 Å². The summed E-state index contributed by atoms with van der Waals surface area (Å²) in [4.78, 5) is 14.9. The topological polar surface area (TPSA) is 90.1 Å². The van der Waals surface area contributed by atoms with Crippen LogP contribution in [0.15, 0.2) is 42.5 Å². The van der Waals surface area contributed by atoms with Gasteiger partial charge in [0.05, 0.1) is 18.8 Å². The van der Waals surface area contributed by atoms with Gasteiger partial charge in [-0.15, -0.1) is 10.2 Å². The van der Waals surface area contributed by atoms with Crippen molar-refractivity contribution in [3.8, 4) is 11.3 Å². The zero-order chi connectivity index (χ0) is 29.3. The van der Waals surface area contributed by atoms with Gasteiger partial charge in [-0.3, -0.25) is 9.52 Å². The van der Waals surface area contributed by atoms with Crippen molar-refractivity contribution in [2.75, 3.05) is 27.3 Å². The SMILES string of the molecule is CN(C)SNC(=O)c1ccc2c(C3CCCCC3)c3n(c2c1)CC(c1nnn(CC2CCOCC2)n1)=Cc1ccccc1-3. The fourth-order valence-electron chi connectivity index (χ4n) is 6.95. The highest BCUT2D eigenvalue weighted by Gasteiger charge is 2.30. The van der Waals surface area contributed by atoms with Gasteiger partial charge >= 0.3 is 0 Å². The number of carbonyl (C=O) groups excluding carboxylic acids is 1. The van der Waals surface area contributed by atoms with Crippen LogP contribution in [0.1, 0.15) is 78.2 Å². The first-order valence-electron chi connectivity index (χ1n) is 15.5. The van der Waals surface area contributed by atoms with Crippen molar-refractivity contribution in [2.45, 2.75) is 64.0 Å². The largest absolute Gasteiger partial charge is 0.381 e. The van der Waals surface area contributed by atoms with Crippen LogP contribution in [-0.2, 0) is 17.8 Å². The van der Waals surface area contributed by atoms with Gasteiger partial charge in [0.1, 0.15) is 0 Å². The van der Waals surface area contributed by atoms with Crippen molar-refractivity contribution in [1.82, 2.24) is 33.8 Å². The average molecular weight is 598 g/mol. The van der Waals surface area contributed by atoms with Gasteiger partial charge in [0, 0.05) is 53.0 Å². The number of hydrogen-bond donors (Lipinski definition) is 1. The van der Waals surface area contributed by atoms with Crippen molar-refractivity contribution >= 4 is 40.6 Å². The lowest BCUT2D eigenvalue weighted by Gasteiger charge is -2.24. The van der Waals surface area contributed by atoms with Crippen LogP contribution in [0.2, 0.25) is 0 Å². The van der Waals surface area contributed by atoms with Gasteiger partial charge in [-0.05, 0) is 86.2 Å². The molecule has 0 spiro atoms. The molecule has 2 fully saturated rings. The van der Waals surface area contributed by atoms with E-state index in [0.29, 0.717) is 29.8 Å². The number of ether oxygens (including phenoxy) is 1. The van der Waals surface area contributed by atoms with Gasteiger partial charge < -0.3 is 9.30 Å². The molecule has 2 aliphatic heterocycles. The number of aromatic nitrogens is 5. The Morgan fingerprint density at radius 2 is 1.88 bits per heavy atom. The molecular weight excluding hydrogens is 558 g/mol. The summed E-state index contributed by atoms with van der Waals surface area (Å²) < 4.78 is 12.8. The number of benzene rings is 2. The lowest BCUT2D eigenvalue weighted by molar-refractivity contribution is 0.0585. The maximum absolute atomic E-state index is 13.2. The second-order valence-corrected chi connectivity index (χ2v) is 13.3. The van der Waals surface area contributed by atoms with Crippen molar-refractivity contribution in [1.29, 1.82) is 0 Å². The second kappa shape index (κ2) is 12.3. The summed E-state index contributed by atoms with van der Waals surface area (Å²) in [6.07, 6.45) is 10.5. The Labute approximate surface area is 256 Å². The first-order valence-corrected chi connectivity index (χ1v) is 16.3. The molecule has 9 nitrogen and oxygen atoms in total. The van der Waals surface area contributed by atoms with Crippen molar-refractivity contribution in [3.05, 3.63) is 65.0 Å². The smallest absolute Gasteiger partial charge is 0.262 e. The molecule has 0 bridgehead atoms. The average Bonchev–Trinajstić information content (AvgIpc) is 3.58. The molecule has 1 amide bonds. The second-order valence-electron chi connectivity index (χ2n) is 12.2. The van der Waals surface area contributed by atoms with Gasteiger partial charge in [-0.2, -0.15) is 4.80 Å². The third kappa shape index (κ3) is 5.75. The molecule has 0 radical (unpaired) electrons. The van der Waals surface area contributed by atoms with Gasteiger partial charge in [-0.25, -0.2) is 4.31 Å². The summed E-state index contributed by atoms with van der Waals surface area (Å²) in [7, 11) is 3.83. The molecule has 224 valence electrons. The number of amides is 1. The molecule has 0 atom stereocenters. The zero-order valence-electron chi connectivity index (χ0n) is 25.0. The summed E-state index contributed by atoms with van der Waals surface area (Å²) in [6.45, 7) is 2.96. The standard InChI is InChI=1S/C33H39N7O2S/c1-38(2)43-36-33(41)25-12-13-28-29(19-25)39-21-26(32-34-37-40(35-32)20-22-14-16-42-17-15-22)18-24-10-6-7-11-27(24)31(39)30(28)23-8-4-3-5-9-23/h6-7,10-13,18-19,22-23H,3-5,8-9,14-17,20-21H2,1-2H3,(H,36,41). The van der Waals surface area contributed by atoms with Gasteiger partial charge in [0.15, 0.2) is 0 Å². The van der Waals surface area contributed by atoms with E-state index >= 15 is 0 Å².